The molecule has 6 nitrogen and oxygen atoms in total. The first kappa shape index (κ1) is 13.6. The van der Waals surface area contributed by atoms with Crippen LogP contribution in [0.5, 0.6) is 5.75 Å². The molecule has 0 aromatic heterocycles. The summed E-state index contributed by atoms with van der Waals surface area (Å²) in [5.74, 6) is 0.535. The van der Waals surface area contributed by atoms with Gasteiger partial charge in [-0.2, -0.15) is 0 Å². The van der Waals surface area contributed by atoms with Crippen LogP contribution >= 0.6 is 0 Å². The fourth-order valence-electron chi connectivity index (χ4n) is 2.22. The van der Waals surface area contributed by atoms with Gasteiger partial charge < -0.3 is 15.4 Å². The highest BCUT2D eigenvalue weighted by Gasteiger charge is 2.15. The quantitative estimate of drug-likeness (QED) is 0.630. The maximum atomic E-state index is 10.9. The van der Waals surface area contributed by atoms with Gasteiger partial charge in [0.2, 0.25) is 0 Å². The number of anilines is 1. The zero-order valence-corrected chi connectivity index (χ0v) is 11.0. The monoisotopic (exact) mass is 265 g/mol. The van der Waals surface area contributed by atoms with Crippen LogP contribution in [0.15, 0.2) is 18.2 Å². The number of nitrogens with zero attached hydrogens (tertiary/aromatic N) is 1. The van der Waals surface area contributed by atoms with Crippen molar-refractivity contribution in [3.05, 3.63) is 28.3 Å². The molecule has 2 N–H and O–H groups in total. The van der Waals surface area contributed by atoms with Gasteiger partial charge in [0.15, 0.2) is 0 Å². The third-order valence-electron chi connectivity index (χ3n) is 3.12. The lowest BCUT2D eigenvalue weighted by Crippen LogP contribution is -2.35. The number of hydrogen-bond acceptors (Lipinski definition) is 5. The second kappa shape index (κ2) is 6.38. The Labute approximate surface area is 112 Å². The summed E-state index contributed by atoms with van der Waals surface area (Å²) in [6.45, 7) is 4.31. The van der Waals surface area contributed by atoms with Gasteiger partial charge in [0.05, 0.1) is 17.6 Å². The number of rotatable bonds is 5. The van der Waals surface area contributed by atoms with Crippen molar-refractivity contribution in [2.45, 2.75) is 25.8 Å². The van der Waals surface area contributed by atoms with Crippen molar-refractivity contribution in [3.8, 4) is 5.75 Å². The van der Waals surface area contributed by atoms with E-state index in [1.54, 1.807) is 6.07 Å². The zero-order valence-electron chi connectivity index (χ0n) is 11.0. The number of hydrogen-bond donors (Lipinski definition) is 2. The van der Waals surface area contributed by atoms with E-state index in [-0.39, 0.29) is 5.69 Å². The van der Waals surface area contributed by atoms with Crippen molar-refractivity contribution in [1.29, 1.82) is 0 Å². The summed E-state index contributed by atoms with van der Waals surface area (Å²) < 4.78 is 5.37. The smallest absolute Gasteiger partial charge is 0.275 e. The van der Waals surface area contributed by atoms with Gasteiger partial charge in [-0.15, -0.1) is 0 Å². The molecule has 1 aliphatic heterocycles. The van der Waals surface area contributed by atoms with Gasteiger partial charge in [-0.25, -0.2) is 0 Å². The standard InChI is InChI=1S/C13H19N3O3/c1-2-19-13-8-11(7-12(9-13)16(17)18)15-10-3-5-14-6-4-10/h7-10,14-15H,2-6H2,1H3. The molecule has 0 amide bonds. The molecule has 1 aromatic carbocycles. The van der Waals surface area contributed by atoms with Crippen molar-refractivity contribution in [2.24, 2.45) is 0 Å². The largest absolute Gasteiger partial charge is 0.494 e. The number of benzene rings is 1. The van der Waals surface area contributed by atoms with Crippen LogP contribution < -0.4 is 15.4 Å². The van der Waals surface area contributed by atoms with Crippen LogP contribution in [0.25, 0.3) is 0 Å². The van der Waals surface area contributed by atoms with E-state index < -0.39 is 4.92 Å². The molecule has 6 heteroatoms. The Morgan fingerprint density at radius 3 is 2.79 bits per heavy atom. The van der Waals surface area contributed by atoms with Crippen molar-refractivity contribution in [1.82, 2.24) is 5.32 Å². The first-order valence-corrected chi connectivity index (χ1v) is 6.58. The van der Waals surface area contributed by atoms with E-state index in [4.69, 9.17) is 4.74 Å². The Kier molecular flexibility index (Phi) is 4.57. The number of piperidine rings is 1. The van der Waals surface area contributed by atoms with E-state index in [2.05, 4.69) is 10.6 Å². The molecule has 0 spiro atoms. The minimum absolute atomic E-state index is 0.0578. The highest BCUT2D eigenvalue weighted by Crippen LogP contribution is 2.27. The van der Waals surface area contributed by atoms with E-state index >= 15 is 0 Å². The molecule has 104 valence electrons. The molecule has 2 rings (SSSR count). The molecule has 0 bridgehead atoms. The first-order chi connectivity index (χ1) is 9.19. The topological polar surface area (TPSA) is 76.4 Å². The lowest BCUT2D eigenvalue weighted by Gasteiger charge is -2.24. The molecule has 0 radical (unpaired) electrons. The van der Waals surface area contributed by atoms with Crippen LogP contribution in [0.3, 0.4) is 0 Å². The predicted octanol–water partition coefficient (Wildman–Crippen LogP) is 2.16. The SMILES string of the molecule is CCOc1cc(NC2CCNCC2)cc([N+](=O)[O-])c1. The van der Waals surface area contributed by atoms with Crippen LogP contribution in [0.2, 0.25) is 0 Å². The van der Waals surface area contributed by atoms with E-state index in [1.165, 1.54) is 6.07 Å². The molecule has 0 saturated carbocycles. The zero-order chi connectivity index (χ0) is 13.7. The molecular formula is C13H19N3O3. The van der Waals surface area contributed by atoms with Gasteiger partial charge >= 0.3 is 0 Å². The van der Waals surface area contributed by atoms with E-state index in [9.17, 15) is 10.1 Å². The fourth-order valence-corrected chi connectivity index (χ4v) is 2.22. The Bertz CT molecular complexity index is 445. The van der Waals surface area contributed by atoms with Crippen molar-refractivity contribution >= 4 is 11.4 Å². The third-order valence-corrected chi connectivity index (χ3v) is 3.12. The second-order valence-electron chi connectivity index (χ2n) is 4.57. The molecule has 1 heterocycles. The summed E-state index contributed by atoms with van der Waals surface area (Å²) in [6, 6.07) is 5.19. The molecule has 1 aliphatic rings. The summed E-state index contributed by atoms with van der Waals surface area (Å²) in [7, 11) is 0. The fraction of sp³-hybridized carbons (Fsp3) is 0.538. The van der Waals surface area contributed by atoms with Gasteiger partial charge in [-0.05, 0) is 32.9 Å². The Balaban J connectivity index is 2.15. The van der Waals surface area contributed by atoms with Crippen molar-refractivity contribution in [2.75, 3.05) is 25.0 Å². The van der Waals surface area contributed by atoms with Crippen molar-refractivity contribution < 1.29 is 9.66 Å². The minimum atomic E-state index is -0.393. The van der Waals surface area contributed by atoms with Crippen LogP contribution in [0.4, 0.5) is 11.4 Å². The van der Waals surface area contributed by atoms with Gasteiger partial charge in [0, 0.05) is 23.9 Å². The molecule has 1 saturated heterocycles. The highest BCUT2D eigenvalue weighted by atomic mass is 16.6. The van der Waals surface area contributed by atoms with Crippen LogP contribution in [0.1, 0.15) is 19.8 Å². The lowest BCUT2D eigenvalue weighted by atomic mass is 10.1. The predicted molar refractivity (Wildman–Crippen MR) is 73.8 cm³/mol. The second-order valence-corrected chi connectivity index (χ2v) is 4.57. The number of non-ortho nitro benzene ring substituents is 1. The Hall–Kier alpha value is -1.82. The molecule has 0 aliphatic carbocycles. The lowest BCUT2D eigenvalue weighted by molar-refractivity contribution is -0.384. The number of nitro benzene ring substituents is 1. The molecule has 19 heavy (non-hydrogen) atoms. The normalized spacial score (nSPS) is 16.1. The summed E-state index contributed by atoms with van der Waals surface area (Å²) in [5.41, 5.74) is 0.812. The van der Waals surface area contributed by atoms with Gasteiger partial charge in [0.25, 0.3) is 5.69 Å². The van der Waals surface area contributed by atoms with E-state index in [0.717, 1.165) is 31.6 Å². The van der Waals surface area contributed by atoms with Crippen LogP contribution in [0, 0.1) is 10.1 Å². The van der Waals surface area contributed by atoms with E-state index in [0.29, 0.717) is 18.4 Å². The molecule has 1 aromatic rings. The first-order valence-electron chi connectivity index (χ1n) is 6.58. The van der Waals surface area contributed by atoms with Gasteiger partial charge in [0.1, 0.15) is 5.75 Å². The minimum Gasteiger partial charge on any atom is -0.494 e. The summed E-state index contributed by atoms with van der Waals surface area (Å²) in [6.07, 6.45) is 2.04. The summed E-state index contributed by atoms with van der Waals surface area (Å²) in [5, 5.41) is 17.6. The highest BCUT2D eigenvalue weighted by molar-refractivity contribution is 5.56. The maximum absolute atomic E-state index is 10.9. The average molecular weight is 265 g/mol. The number of nitrogens with one attached hydrogen (secondary N) is 2. The average Bonchev–Trinajstić information content (AvgIpc) is 2.40. The number of ether oxygens (including phenoxy) is 1. The van der Waals surface area contributed by atoms with Crippen molar-refractivity contribution in [3.63, 3.8) is 0 Å². The van der Waals surface area contributed by atoms with Gasteiger partial charge in [-0.1, -0.05) is 0 Å². The maximum Gasteiger partial charge on any atom is 0.275 e. The van der Waals surface area contributed by atoms with Gasteiger partial charge in [-0.3, -0.25) is 10.1 Å². The molecule has 0 unspecified atom stereocenters. The third kappa shape index (κ3) is 3.82. The Morgan fingerprint density at radius 1 is 1.42 bits per heavy atom. The van der Waals surface area contributed by atoms with Crippen LogP contribution in [-0.2, 0) is 0 Å². The summed E-state index contributed by atoms with van der Waals surface area (Å²) >= 11 is 0. The Morgan fingerprint density at radius 2 is 2.16 bits per heavy atom. The van der Waals surface area contributed by atoms with Crippen LogP contribution in [-0.4, -0.2) is 30.7 Å². The molecule has 0 atom stereocenters. The molecular weight excluding hydrogens is 246 g/mol. The molecule has 1 fully saturated rings. The summed E-state index contributed by atoms with van der Waals surface area (Å²) in [4.78, 5) is 10.5. The number of nitro groups is 1. The van der Waals surface area contributed by atoms with E-state index in [1.807, 2.05) is 13.0 Å².